The van der Waals surface area contributed by atoms with Crippen molar-refractivity contribution in [3.05, 3.63) is 41.7 Å². The van der Waals surface area contributed by atoms with Crippen LogP contribution in [0.2, 0.25) is 0 Å². The summed E-state index contributed by atoms with van der Waals surface area (Å²) in [7, 11) is 0. The molecule has 1 aromatic rings. The Bertz CT molecular complexity index is 311. The number of halogens is 1. The SMILES string of the molecule is C=Cc1cccc(F)c1C1CC1. The molecule has 0 aliphatic heterocycles. The van der Waals surface area contributed by atoms with Gasteiger partial charge in [0.2, 0.25) is 0 Å². The van der Waals surface area contributed by atoms with Crippen LogP contribution < -0.4 is 0 Å². The van der Waals surface area contributed by atoms with Gasteiger partial charge in [0.15, 0.2) is 0 Å². The molecule has 0 amide bonds. The minimum Gasteiger partial charge on any atom is -0.207 e. The Morgan fingerprint density at radius 2 is 2.17 bits per heavy atom. The molecule has 0 bridgehead atoms. The third-order valence-corrected chi connectivity index (χ3v) is 2.29. The van der Waals surface area contributed by atoms with Gasteiger partial charge in [-0.2, -0.15) is 0 Å². The van der Waals surface area contributed by atoms with E-state index in [2.05, 4.69) is 6.58 Å². The van der Waals surface area contributed by atoms with Gasteiger partial charge in [-0.05, 0) is 36.0 Å². The van der Waals surface area contributed by atoms with E-state index in [-0.39, 0.29) is 5.82 Å². The third kappa shape index (κ3) is 1.15. The largest absolute Gasteiger partial charge is 0.207 e. The molecule has 0 aromatic heterocycles. The highest BCUT2D eigenvalue weighted by atomic mass is 19.1. The van der Waals surface area contributed by atoms with Crippen LogP contribution in [0.25, 0.3) is 6.08 Å². The molecule has 0 saturated heterocycles. The number of rotatable bonds is 2. The molecule has 62 valence electrons. The van der Waals surface area contributed by atoms with Gasteiger partial charge in [-0.3, -0.25) is 0 Å². The topological polar surface area (TPSA) is 0 Å². The highest BCUT2D eigenvalue weighted by molar-refractivity contribution is 5.54. The average Bonchev–Trinajstić information content (AvgIpc) is 2.87. The minimum atomic E-state index is -0.0742. The van der Waals surface area contributed by atoms with Gasteiger partial charge in [-0.15, -0.1) is 0 Å². The van der Waals surface area contributed by atoms with Crippen LogP contribution in [0.3, 0.4) is 0 Å². The molecule has 0 unspecified atom stereocenters. The molecule has 1 heteroatoms. The zero-order chi connectivity index (χ0) is 8.55. The Kier molecular flexibility index (Phi) is 1.72. The zero-order valence-electron chi connectivity index (χ0n) is 6.89. The molecule has 0 N–H and O–H groups in total. The summed E-state index contributed by atoms with van der Waals surface area (Å²) in [5, 5.41) is 0. The Balaban J connectivity index is 2.52. The predicted octanol–water partition coefficient (Wildman–Crippen LogP) is 3.35. The monoisotopic (exact) mass is 162 g/mol. The van der Waals surface area contributed by atoms with Gasteiger partial charge >= 0.3 is 0 Å². The maximum absolute atomic E-state index is 13.3. The molecule has 0 spiro atoms. The summed E-state index contributed by atoms with van der Waals surface area (Å²) in [6, 6.07) is 5.18. The first kappa shape index (κ1) is 7.53. The van der Waals surface area contributed by atoms with Crippen LogP contribution in [0.5, 0.6) is 0 Å². The van der Waals surface area contributed by atoms with Crippen LogP contribution in [0.15, 0.2) is 24.8 Å². The van der Waals surface area contributed by atoms with E-state index >= 15 is 0 Å². The summed E-state index contributed by atoms with van der Waals surface area (Å²) in [5.41, 5.74) is 1.82. The van der Waals surface area contributed by atoms with Crippen LogP contribution in [-0.4, -0.2) is 0 Å². The van der Waals surface area contributed by atoms with Gasteiger partial charge in [0.1, 0.15) is 5.82 Å². The van der Waals surface area contributed by atoms with Crippen molar-refractivity contribution < 1.29 is 4.39 Å². The van der Waals surface area contributed by atoms with E-state index < -0.39 is 0 Å². The van der Waals surface area contributed by atoms with Crippen molar-refractivity contribution in [1.82, 2.24) is 0 Å². The van der Waals surface area contributed by atoms with Gasteiger partial charge in [-0.25, -0.2) is 4.39 Å². The average molecular weight is 162 g/mol. The molecule has 1 aromatic carbocycles. The van der Waals surface area contributed by atoms with Crippen molar-refractivity contribution >= 4 is 6.08 Å². The Morgan fingerprint density at radius 3 is 2.75 bits per heavy atom. The minimum absolute atomic E-state index is 0.0742. The van der Waals surface area contributed by atoms with E-state index in [4.69, 9.17) is 0 Å². The van der Waals surface area contributed by atoms with Gasteiger partial charge in [-0.1, -0.05) is 24.8 Å². The number of hydrogen-bond acceptors (Lipinski definition) is 0. The molecular formula is C11H11F. The molecule has 12 heavy (non-hydrogen) atoms. The second-order valence-electron chi connectivity index (χ2n) is 3.22. The summed E-state index contributed by atoms with van der Waals surface area (Å²) in [5.74, 6) is 0.383. The highest BCUT2D eigenvalue weighted by Gasteiger charge is 2.27. The molecule has 0 radical (unpaired) electrons. The predicted molar refractivity (Wildman–Crippen MR) is 48.5 cm³/mol. The first-order valence-electron chi connectivity index (χ1n) is 4.24. The molecule has 1 fully saturated rings. The zero-order valence-corrected chi connectivity index (χ0v) is 6.89. The van der Waals surface area contributed by atoms with Crippen LogP contribution in [-0.2, 0) is 0 Å². The summed E-state index contributed by atoms with van der Waals surface area (Å²) in [6.07, 6.45) is 3.99. The fraction of sp³-hybridized carbons (Fsp3) is 0.273. The smallest absolute Gasteiger partial charge is 0.127 e. The van der Waals surface area contributed by atoms with Crippen molar-refractivity contribution in [2.75, 3.05) is 0 Å². The van der Waals surface area contributed by atoms with E-state index in [9.17, 15) is 4.39 Å². The van der Waals surface area contributed by atoms with Crippen molar-refractivity contribution in [1.29, 1.82) is 0 Å². The molecule has 2 rings (SSSR count). The maximum atomic E-state index is 13.3. The molecule has 1 aliphatic carbocycles. The molecule has 1 saturated carbocycles. The molecule has 0 atom stereocenters. The van der Waals surface area contributed by atoms with Crippen LogP contribution >= 0.6 is 0 Å². The summed E-state index contributed by atoms with van der Waals surface area (Å²) in [4.78, 5) is 0. The van der Waals surface area contributed by atoms with E-state index in [1.165, 1.54) is 6.07 Å². The molecule has 0 heterocycles. The van der Waals surface area contributed by atoms with E-state index in [0.29, 0.717) is 5.92 Å². The van der Waals surface area contributed by atoms with E-state index in [1.807, 2.05) is 6.07 Å². The van der Waals surface area contributed by atoms with Gasteiger partial charge in [0, 0.05) is 0 Å². The van der Waals surface area contributed by atoms with Gasteiger partial charge in [0.05, 0.1) is 0 Å². The van der Waals surface area contributed by atoms with Crippen molar-refractivity contribution in [2.45, 2.75) is 18.8 Å². The highest BCUT2D eigenvalue weighted by Crippen LogP contribution is 2.43. The van der Waals surface area contributed by atoms with E-state index in [0.717, 1.165) is 24.0 Å². The maximum Gasteiger partial charge on any atom is 0.127 e. The van der Waals surface area contributed by atoms with Crippen LogP contribution in [0.1, 0.15) is 29.9 Å². The summed E-state index contributed by atoms with van der Waals surface area (Å²) < 4.78 is 13.3. The van der Waals surface area contributed by atoms with Crippen molar-refractivity contribution in [3.63, 3.8) is 0 Å². The second kappa shape index (κ2) is 2.74. The first-order valence-corrected chi connectivity index (χ1v) is 4.24. The first-order chi connectivity index (χ1) is 5.83. The van der Waals surface area contributed by atoms with Crippen LogP contribution in [0, 0.1) is 5.82 Å². The van der Waals surface area contributed by atoms with Crippen LogP contribution in [0.4, 0.5) is 4.39 Å². The normalized spacial score (nSPS) is 16.1. The Hall–Kier alpha value is -1.11. The van der Waals surface area contributed by atoms with Gasteiger partial charge in [0.25, 0.3) is 0 Å². The molecular weight excluding hydrogens is 151 g/mol. The lowest BCUT2D eigenvalue weighted by Crippen LogP contribution is -1.90. The lowest BCUT2D eigenvalue weighted by atomic mass is 10.0. The number of benzene rings is 1. The van der Waals surface area contributed by atoms with E-state index in [1.54, 1.807) is 12.1 Å². The molecule has 0 nitrogen and oxygen atoms in total. The number of hydrogen-bond donors (Lipinski definition) is 0. The lowest BCUT2D eigenvalue weighted by molar-refractivity contribution is 0.610. The van der Waals surface area contributed by atoms with Crippen molar-refractivity contribution in [2.24, 2.45) is 0 Å². The quantitative estimate of drug-likeness (QED) is 0.625. The summed E-state index contributed by atoms with van der Waals surface area (Å²) >= 11 is 0. The third-order valence-electron chi connectivity index (χ3n) is 2.29. The lowest BCUT2D eigenvalue weighted by Gasteiger charge is -2.04. The van der Waals surface area contributed by atoms with Gasteiger partial charge < -0.3 is 0 Å². The Morgan fingerprint density at radius 1 is 1.42 bits per heavy atom. The molecule has 1 aliphatic rings. The standard InChI is InChI=1S/C11H11F/c1-2-8-4-3-5-10(12)11(8)9-6-7-9/h2-5,9H,1,6-7H2. The fourth-order valence-corrected chi connectivity index (χ4v) is 1.53. The van der Waals surface area contributed by atoms with Crippen molar-refractivity contribution in [3.8, 4) is 0 Å². The summed E-state index contributed by atoms with van der Waals surface area (Å²) in [6.45, 7) is 3.68. The fourth-order valence-electron chi connectivity index (χ4n) is 1.53. The Labute approximate surface area is 71.7 Å². The second-order valence-corrected chi connectivity index (χ2v) is 3.22.